The highest BCUT2D eigenvalue weighted by Gasteiger charge is 2.25. The number of esters is 1. The molecule has 0 aliphatic heterocycles. The predicted molar refractivity (Wildman–Crippen MR) is 64.8 cm³/mol. The maximum absolute atomic E-state index is 11.8. The van der Waals surface area contributed by atoms with Crippen LogP contribution in [-0.4, -0.2) is 23.2 Å². The fourth-order valence-corrected chi connectivity index (χ4v) is 1.57. The van der Waals surface area contributed by atoms with E-state index in [1.165, 1.54) is 24.3 Å². The van der Waals surface area contributed by atoms with E-state index in [9.17, 15) is 9.59 Å². The summed E-state index contributed by atoms with van der Waals surface area (Å²) in [5.74, 6) is -0.991. The molecule has 0 fully saturated rings. The fourth-order valence-electron chi connectivity index (χ4n) is 1.18. The minimum atomic E-state index is -1.00. The summed E-state index contributed by atoms with van der Waals surface area (Å²) in [6, 6.07) is 8.02. The van der Waals surface area contributed by atoms with Crippen LogP contribution in [-0.2, 0) is 9.53 Å². The van der Waals surface area contributed by atoms with E-state index in [0.29, 0.717) is 11.1 Å². The van der Waals surface area contributed by atoms with Crippen molar-refractivity contribution in [3.8, 4) is 6.07 Å². The van der Waals surface area contributed by atoms with Crippen molar-refractivity contribution in [1.29, 1.82) is 5.26 Å². The molecule has 5 heteroatoms. The molecule has 0 aliphatic rings. The summed E-state index contributed by atoms with van der Waals surface area (Å²) >= 11 is 2.99. The van der Waals surface area contributed by atoms with Gasteiger partial charge >= 0.3 is 5.97 Å². The molecule has 0 N–H and O–H groups in total. The van der Waals surface area contributed by atoms with Gasteiger partial charge in [-0.05, 0) is 19.1 Å². The van der Waals surface area contributed by atoms with Crippen LogP contribution in [0.3, 0.4) is 0 Å². The Balaban J connectivity index is 2.82. The zero-order chi connectivity index (χ0) is 12.8. The highest BCUT2D eigenvalue weighted by molar-refractivity contribution is 9.10. The third-order valence-electron chi connectivity index (χ3n) is 2.02. The summed E-state index contributed by atoms with van der Waals surface area (Å²) in [7, 11) is 0. The van der Waals surface area contributed by atoms with Crippen LogP contribution in [0.5, 0.6) is 0 Å². The van der Waals surface area contributed by atoms with Gasteiger partial charge in [-0.25, -0.2) is 0 Å². The molecule has 17 heavy (non-hydrogen) atoms. The Morgan fingerprint density at radius 1 is 1.41 bits per heavy atom. The van der Waals surface area contributed by atoms with Gasteiger partial charge < -0.3 is 4.74 Å². The lowest BCUT2D eigenvalue weighted by Gasteiger charge is -2.07. The molecule has 1 unspecified atom stereocenters. The molecule has 1 aromatic rings. The minimum Gasteiger partial charge on any atom is -0.465 e. The average molecular weight is 296 g/mol. The molecule has 0 aliphatic carbocycles. The maximum atomic E-state index is 11.8. The molecule has 1 aromatic carbocycles. The molecule has 0 bridgehead atoms. The van der Waals surface area contributed by atoms with Gasteiger partial charge in [0.2, 0.25) is 0 Å². The lowest BCUT2D eigenvalue weighted by Crippen LogP contribution is -2.26. The average Bonchev–Trinajstić information content (AvgIpc) is 2.37. The number of alkyl halides is 1. The molecule has 0 saturated heterocycles. The van der Waals surface area contributed by atoms with Gasteiger partial charge in [-0.15, -0.1) is 0 Å². The van der Waals surface area contributed by atoms with Gasteiger partial charge in [0.15, 0.2) is 10.6 Å². The number of nitrogens with zero attached hydrogens (tertiary/aromatic N) is 1. The number of benzene rings is 1. The van der Waals surface area contributed by atoms with Crippen LogP contribution in [0.1, 0.15) is 22.8 Å². The molecule has 88 valence electrons. The topological polar surface area (TPSA) is 67.2 Å². The van der Waals surface area contributed by atoms with E-state index in [2.05, 4.69) is 15.9 Å². The van der Waals surface area contributed by atoms with E-state index in [4.69, 9.17) is 10.00 Å². The van der Waals surface area contributed by atoms with E-state index in [0.717, 1.165) is 0 Å². The number of nitriles is 1. The van der Waals surface area contributed by atoms with Crippen molar-refractivity contribution < 1.29 is 14.3 Å². The number of Topliss-reactive ketones (excluding diaryl/α,β-unsaturated/α-hetero) is 1. The molecular weight excluding hydrogens is 286 g/mol. The van der Waals surface area contributed by atoms with Gasteiger partial charge in [0.1, 0.15) is 0 Å². The first kappa shape index (κ1) is 13.4. The van der Waals surface area contributed by atoms with Gasteiger partial charge in [-0.3, -0.25) is 9.59 Å². The lowest BCUT2D eigenvalue weighted by atomic mass is 10.1. The van der Waals surface area contributed by atoms with Crippen molar-refractivity contribution in [1.82, 2.24) is 0 Å². The molecule has 0 heterocycles. The van der Waals surface area contributed by atoms with Crippen molar-refractivity contribution in [2.45, 2.75) is 11.8 Å². The SMILES string of the molecule is CCOC(=O)C(Br)C(=O)c1ccc(C#N)cc1. The summed E-state index contributed by atoms with van der Waals surface area (Å²) in [5, 5.41) is 8.62. The third-order valence-corrected chi connectivity index (χ3v) is 2.81. The number of rotatable bonds is 4. The Kier molecular flexibility index (Phi) is 4.85. The fraction of sp³-hybridized carbons (Fsp3) is 0.250. The monoisotopic (exact) mass is 295 g/mol. The molecule has 0 amide bonds. The number of ether oxygens (including phenoxy) is 1. The van der Waals surface area contributed by atoms with Crippen LogP contribution in [0.15, 0.2) is 24.3 Å². The number of carbonyl (C=O) groups is 2. The Morgan fingerprint density at radius 2 is 2.00 bits per heavy atom. The second kappa shape index (κ2) is 6.16. The van der Waals surface area contributed by atoms with Gasteiger partial charge in [0, 0.05) is 5.56 Å². The first-order valence-corrected chi connectivity index (χ1v) is 5.86. The summed E-state index contributed by atoms with van der Waals surface area (Å²) < 4.78 is 4.73. The Hall–Kier alpha value is -1.67. The van der Waals surface area contributed by atoms with Crippen LogP contribution in [0.2, 0.25) is 0 Å². The normalized spacial score (nSPS) is 11.4. The van der Waals surface area contributed by atoms with Gasteiger partial charge in [0.05, 0.1) is 18.2 Å². The quantitative estimate of drug-likeness (QED) is 0.369. The molecule has 0 aromatic heterocycles. The van der Waals surface area contributed by atoms with Crippen LogP contribution < -0.4 is 0 Å². The molecular formula is C12H10BrNO3. The van der Waals surface area contributed by atoms with E-state index < -0.39 is 10.8 Å². The largest absolute Gasteiger partial charge is 0.465 e. The lowest BCUT2D eigenvalue weighted by molar-refractivity contribution is -0.141. The van der Waals surface area contributed by atoms with E-state index >= 15 is 0 Å². The van der Waals surface area contributed by atoms with E-state index in [-0.39, 0.29) is 12.4 Å². The van der Waals surface area contributed by atoms with Crippen molar-refractivity contribution in [2.75, 3.05) is 6.61 Å². The second-order valence-corrected chi connectivity index (χ2v) is 4.08. The molecule has 4 nitrogen and oxygen atoms in total. The summed E-state index contributed by atoms with van der Waals surface area (Å²) in [4.78, 5) is 22.2. The summed E-state index contributed by atoms with van der Waals surface area (Å²) in [6.07, 6.45) is 0. The van der Waals surface area contributed by atoms with E-state index in [1.807, 2.05) is 6.07 Å². The van der Waals surface area contributed by atoms with Gasteiger partial charge in [0.25, 0.3) is 0 Å². The molecule has 1 rings (SSSR count). The molecule has 0 spiro atoms. The second-order valence-electron chi connectivity index (χ2n) is 3.17. The van der Waals surface area contributed by atoms with Gasteiger partial charge in [-0.2, -0.15) is 5.26 Å². The standard InChI is InChI=1S/C12H10BrNO3/c1-2-17-12(16)10(13)11(15)9-5-3-8(7-14)4-6-9/h3-6,10H,2H2,1H3. The third kappa shape index (κ3) is 3.40. The van der Waals surface area contributed by atoms with E-state index in [1.54, 1.807) is 6.92 Å². The van der Waals surface area contributed by atoms with Crippen molar-refractivity contribution in [3.63, 3.8) is 0 Å². The Bertz CT molecular complexity index is 462. The highest BCUT2D eigenvalue weighted by atomic mass is 79.9. The molecule has 0 radical (unpaired) electrons. The summed E-state index contributed by atoms with van der Waals surface area (Å²) in [6.45, 7) is 1.89. The summed E-state index contributed by atoms with van der Waals surface area (Å²) in [5.41, 5.74) is 0.822. The predicted octanol–water partition coefficient (Wildman–Crippen LogP) is 2.07. The van der Waals surface area contributed by atoms with Gasteiger partial charge in [-0.1, -0.05) is 28.1 Å². The number of halogens is 1. The zero-order valence-corrected chi connectivity index (χ0v) is 10.7. The van der Waals surface area contributed by atoms with Crippen LogP contribution in [0.4, 0.5) is 0 Å². The molecule has 1 atom stereocenters. The first-order chi connectivity index (χ1) is 8.10. The zero-order valence-electron chi connectivity index (χ0n) is 9.14. The molecule has 0 saturated carbocycles. The Labute approximate surface area is 107 Å². The minimum absolute atomic E-state index is 0.224. The first-order valence-electron chi connectivity index (χ1n) is 4.95. The maximum Gasteiger partial charge on any atom is 0.327 e. The number of ketones is 1. The van der Waals surface area contributed by atoms with Crippen molar-refractivity contribution in [2.24, 2.45) is 0 Å². The van der Waals surface area contributed by atoms with Crippen molar-refractivity contribution >= 4 is 27.7 Å². The number of hydrogen-bond acceptors (Lipinski definition) is 4. The smallest absolute Gasteiger partial charge is 0.327 e. The Morgan fingerprint density at radius 3 is 2.47 bits per heavy atom. The number of hydrogen-bond donors (Lipinski definition) is 0. The van der Waals surface area contributed by atoms with Crippen LogP contribution in [0, 0.1) is 11.3 Å². The number of carbonyl (C=O) groups excluding carboxylic acids is 2. The van der Waals surface area contributed by atoms with Crippen LogP contribution in [0.25, 0.3) is 0 Å². The highest BCUT2D eigenvalue weighted by Crippen LogP contribution is 2.13. The van der Waals surface area contributed by atoms with Crippen LogP contribution >= 0.6 is 15.9 Å². The van der Waals surface area contributed by atoms with Crippen molar-refractivity contribution in [3.05, 3.63) is 35.4 Å².